The van der Waals surface area contributed by atoms with E-state index in [0.29, 0.717) is 54.7 Å². The fourth-order valence-corrected chi connectivity index (χ4v) is 6.32. The summed E-state index contributed by atoms with van der Waals surface area (Å²) in [6.45, 7) is 4.75. The lowest BCUT2D eigenvalue weighted by molar-refractivity contribution is -0.151. The van der Waals surface area contributed by atoms with Crippen molar-refractivity contribution in [3.8, 4) is 0 Å². The zero-order valence-corrected chi connectivity index (χ0v) is 23.9. The largest absolute Gasteiger partial charge is 0.466 e. The van der Waals surface area contributed by atoms with Gasteiger partial charge >= 0.3 is 11.9 Å². The van der Waals surface area contributed by atoms with Crippen molar-refractivity contribution in [1.82, 2.24) is 9.80 Å². The van der Waals surface area contributed by atoms with Gasteiger partial charge in [0.1, 0.15) is 5.82 Å². The Hall–Kier alpha value is -3.92. The van der Waals surface area contributed by atoms with Crippen molar-refractivity contribution in [3.05, 3.63) is 88.2 Å². The van der Waals surface area contributed by atoms with Crippen LogP contribution in [0.1, 0.15) is 50.3 Å². The standard InChI is InChI=1S/C31H32FN3O5S/c1-3-39-29(37)21-13-10-16-34(18-21)25(36)17-22-19-41-31-33-27(20-11-6-5-7-12-20)26(30(38)40-4-2)28(35(22)31)23-14-8-9-15-24(23)32/h5-9,11-12,14-15,19,21,28H,3-4,10,13,16-18H2,1-2H3. The van der Waals surface area contributed by atoms with Gasteiger partial charge in [-0.3, -0.25) is 9.59 Å². The molecule has 0 aromatic heterocycles. The molecule has 2 unspecified atom stereocenters. The van der Waals surface area contributed by atoms with E-state index in [1.54, 1.807) is 41.8 Å². The predicted molar refractivity (Wildman–Crippen MR) is 155 cm³/mol. The summed E-state index contributed by atoms with van der Waals surface area (Å²) in [5.74, 6) is -1.88. The molecular weight excluding hydrogens is 545 g/mol. The van der Waals surface area contributed by atoms with Crippen molar-refractivity contribution in [2.45, 2.75) is 39.2 Å². The Balaban J connectivity index is 1.52. The van der Waals surface area contributed by atoms with Crippen LogP contribution in [0.3, 0.4) is 0 Å². The lowest BCUT2D eigenvalue weighted by Crippen LogP contribution is -2.44. The van der Waals surface area contributed by atoms with E-state index in [-0.39, 0.29) is 42.0 Å². The Kier molecular flexibility index (Phi) is 8.87. The van der Waals surface area contributed by atoms with Crippen LogP contribution in [0, 0.1) is 11.7 Å². The Bertz CT molecular complexity index is 1420. The van der Waals surface area contributed by atoms with E-state index in [4.69, 9.17) is 14.5 Å². The molecule has 0 spiro atoms. The SMILES string of the molecule is CCOC(=O)C1=C(c2ccccc2)N=C2SC=C(CC(=O)N3CCCC(C(=O)OCC)C3)N2C1c1ccccc1F. The van der Waals surface area contributed by atoms with Crippen molar-refractivity contribution < 1.29 is 28.2 Å². The van der Waals surface area contributed by atoms with Gasteiger partial charge in [0, 0.05) is 29.9 Å². The van der Waals surface area contributed by atoms with Crippen LogP contribution >= 0.6 is 11.8 Å². The molecule has 0 aliphatic carbocycles. The number of carbonyl (C=O) groups is 3. The van der Waals surface area contributed by atoms with Gasteiger partial charge in [-0.25, -0.2) is 14.2 Å². The number of thioether (sulfide) groups is 1. The molecule has 2 aromatic carbocycles. The lowest BCUT2D eigenvalue weighted by atomic mass is 9.91. The number of hydrogen-bond acceptors (Lipinski definition) is 8. The van der Waals surface area contributed by atoms with Crippen molar-refractivity contribution in [2.75, 3.05) is 26.3 Å². The number of benzene rings is 2. The molecule has 10 heteroatoms. The molecule has 2 atom stereocenters. The Morgan fingerprint density at radius 2 is 1.76 bits per heavy atom. The molecule has 0 radical (unpaired) electrons. The zero-order chi connectivity index (χ0) is 28.9. The number of likely N-dealkylation sites (tertiary alicyclic amines) is 1. The van der Waals surface area contributed by atoms with Gasteiger partial charge in [0.05, 0.1) is 42.9 Å². The van der Waals surface area contributed by atoms with Crippen LogP contribution in [-0.2, 0) is 23.9 Å². The van der Waals surface area contributed by atoms with Gasteiger partial charge in [0.25, 0.3) is 0 Å². The molecule has 41 heavy (non-hydrogen) atoms. The number of rotatable bonds is 8. The fraction of sp³-hybridized carbons (Fsp3) is 0.355. The van der Waals surface area contributed by atoms with E-state index in [1.807, 2.05) is 35.7 Å². The van der Waals surface area contributed by atoms with Crippen LogP contribution in [0.2, 0.25) is 0 Å². The summed E-state index contributed by atoms with van der Waals surface area (Å²) in [5, 5.41) is 2.37. The second kappa shape index (κ2) is 12.7. The molecular formula is C31H32FN3O5S. The third kappa shape index (κ3) is 5.93. The summed E-state index contributed by atoms with van der Waals surface area (Å²) in [6, 6.07) is 14.7. The molecule has 1 fully saturated rings. The Morgan fingerprint density at radius 3 is 2.49 bits per heavy atom. The summed E-state index contributed by atoms with van der Waals surface area (Å²) < 4.78 is 26.1. The first-order valence-corrected chi connectivity index (χ1v) is 14.7. The maximum atomic E-state index is 15.5. The van der Waals surface area contributed by atoms with E-state index < -0.39 is 17.8 Å². The van der Waals surface area contributed by atoms with Crippen molar-refractivity contribution in [2.24, 2.45) is 10.9 Å². The van der Waals surface area contributed by atoms with Crippen molar-refractivity contribution in [3.63, 3.8) is 0 Å². The second-order valence-electron chi connectivity index (χ2n) is 9.87. The first-order valence-electron chi connectivity index (χ1n) is 13.8. The topological polar surface area (TPSA) is 88.5 Å². The van der Waals surface area contributed by atoms with E-state index in [1.165, 1.54) is 17.8 Å². The van der Waals surface area contributed by atoms with Gasteiger partial charge in [0.2, 0.25) is 5.91 Å². The molecule has 5 rings (SSSR count). The van der Waals surface area contributed by atoms with Gasteiger partial charge in [-0.15, -0.1) is 0 Å². The molecule has 0 saturated carbocycles. The minimum atomic E-state index is -0.902. The van der Waals surface area contributed by atoms with E-state index in [0.717, 1.165) is 0 Å². The highest BCUT2D eigenvalue weighted by molar-refractivity contribution is 8.16. The molecule has 3 heterocycles. The Labute approximate surface area is 242 Å². The summed E-state index contributed by atoms with van der Waals surface area (Å²) in [4.78, 5) is 47.8. The molecule has 0 N–H and O–H groups in total. The highest BCUT2D eigenvalue weighted by Gasteiger charge is 2.43. The summed E-state index contributed by atoms with van der Waals surface area (Å²) in [6.07, 6.45) is 1.38. The average Bonchev–Trinajstić information content (AvgIpc) is 3.39. The molecule has 214 valence electrons. The van der Waals surface area contributed by atoms with Gasteiger partial charge < -0.3 is 19.3 Å². The second-order valence-corrected chi connectivity index (χ2v) is 10.7. The highest BCUT2D eigenvalue weighted by atomic mass is 32.2. The molecule has 3 aliphatic heterocycles. The van der Waals surface area contributed by atoms with Crippen LogP contribution in [0.5, 0.6) is 0 Å². The lowest BCUT2D eigenvalue weighted by Gasteiger charge is -2.37. The minimum absolute atomic E-state index is 0.00327. The number of carbonyl (C=O) groups excluding carboxylic acids is 3. The fourth-order valence-electron chi connectivity index (χ4n) is 5.40. The summed E-state index contributed by atoms with van der Waals surface area (Å²) >= 11 is 1.33. The van der Waals surface area contributed by atoms with Crippen LogP contribution in [-0.4, -0.2) is 59.1 Å². The number of hydrogen-bond donors (Lipinski definition) is 0. The van der Waals surface area contributed by atoms with E-state index in [2.05, 4.69) is 0 Å². The number of piperidine rings is 1. The molecule has 2 aromatic rings. The normalized spacial score (nSPS) is 20.3. The molecule has 1 amide bonds. The van der Waals surface area contributed by atoms with E-state index in [9.17, 15) is 14.4 Å². The third-order valence-electron chi connectivity index (χ3n) is 7.28. The monoisotopic (exact) mass is 577 g/mol. The maximum Gasteiger partial charge on any atom is 0.338 e. The molecule has 3 aliphatic rings. The number of fused-ring (bicyclic) bond motifs is 1. The zero-order valence-electron chi connectivity index (χ0n) is 23.0. The van der Waals surface area contributed by atoms with Gasteiger partial charge in [-0.05, 0) is 38.2 Å². The van der Waals surface area contributed by atoms with Crippen LogP contribution in [0.25, 0.3) is 5.70 Å². The number of halogens is 1. The number of nitrogens with zero attached hydrogens (tertiary/aromatic N) is 3. The molecule has 1 saturated heterocycles. The average molecular weight is 578 g/mol. The van der Waals surface area contributed by atoms with Gasteiger partial charge in [0.15, 0.2) is 5.17 Å². The number of ether oxygens (including phenoxy) is 2. The highest BCUT2D eigenvalue weighted by Crippen LogP contribution is 2.47. The molecule has 8 nitrogen and oxygen atoms in total. The van der Waals surface area contributed by atoms with Gasteiger partial charge in [-0.2, -0.15) is 0 Å². The van der Waals surface area contributed by atoms with Crippen LogP contribution < -0.4 is 0 Å². The van der Waals surface area contributed by atoms with Gasteiger partial charge in [-0.1, -0.05) is 60.3 Å². The first kappa shape index (κ1) is 28.6. The summed E-state index contributed by atoms with van der Waals surface area (Å²) in [7, 11) is 0. The number of esters is 2. The van der Waals surface area contributed by atoms with Crippen LogP contribution in [0.4, 0.5) is 4.39 Å². The number of amidine groups is 1. The van der Waals surface area contributed by atoms with Crippen molar-refractivity contribution in [1.29, 1.82) is 0 Å². The number of amides is 1. The Morgan fingerprint density at radius 1 is 1.02 bits per heavy atom. The first-order chi connectivity index (χ1) is 19.9. The predicted octanol–water partition coefficient (Wildman–Crippen LogP) is 5.29. The van der Waals surface area contributed by atoms with Crippen molar-refractivity contribution >= 4 is 40.5 Å². The quantitative estimate of drug-likeness (QED) is 0.394. The smallest absolute Gasteiger partial charge is 0.338 e. The summed E-state index contributed by atoms with van der Waals surface area (Å²) in [5.41, 5.74) is 2.18. The third-order valence-corrected chi connectivity index (χ3v) is 8.17. The minimum Gasteiger partial charge on any atom is -0.466 e. The maximum absolute atomic E-state index is 15.5. The number of aliphatic imine (C=N–C) groups is 1. The molecule has 0 bridgehead atoms. The van der Waals surface area contributed by atoms with E-state index >= 15 is 4.39 Å². The van der Waals surface area contributed by atoms with Crippen LogP contribution in [0.15, 0.2) is 76.3 Å².